The number of alkyl halides is 1. The molecule has 1 heterocycles. The van der Waals surface area contributed by atoms with Crippen LogP contribution < -0.4 is 0 Å². The lowest BCUT2D eigenvalue weighted by Crippen LogP contribution is -1.89. The molecule has 1 unspecified atom stereocenters. The van der Waals surface area contributed by atoms with E-state index in [-0.39, 0.29) is 4.83 Å². The zero-order chi connectivity index (χ0) is 12.6. The molecule has 90 valence electrons. The third-order valence-electron chi connectivity index (χ3n) is 2.30. The van der Waals surface area contributed by atoms with E-state index in [1.54, 1.807) is 11.3 Å². The topological polar surface area (TPSA) is 0 Å². The van der Waals surface area contributed by atoms with Crippen molar-refractivity contribution in [2.75, 3.05) is 0 Å². The molecule has 2 aromatic rings. The van der Waals surface area contributed by atoms with Gasteiger partial charge in [-0.25, -0.2) is 0 Å². The van der Waals surface area contributed by atoms with E-state index >= 15 is 0 Å². The molecule has 2 rings (SSSR count). The average Bonchev–Trinajstić information content (AvgIpc) is 2.57. The zero-order valence-electron chi connectivity index (χ0n) is 8.81. The predicted molar refractivity (Wildman–Crippen MR) is 84.0 cm³/mol. The zero-order valence-corrected chi connectivity index (χ0v) is 14.3. The van der Waals surface area contributed by atoms with Crippen LogP contribution >= 0.6 is 66.4 Å². The molecule has 0 saturated heterocycles. The van der Waals surface area contributed by atoms with Crippen LogP contribution in [0.25, 0.3) is 0 Å². The molecule has 0 bridgehead atoms. The Morgan fingerprint density at radius 1 is 1.18 bits per heavy atom. The van der Waals surface area contributed by atoms with Gasteiger partial charge in [0.2, 0.25) is 0 Å². The van der Waals surface area contributed by atoms with Gasteiger partial charge in [-0.3, -0.25) is 0 Å². The number of rotatable bonds is 2. The van der Waals surface area contributed by atoms with Gasteiger partial charge in [-0.05, 0) is 42.3 Å². The minimum Gasteiger partial charge on any atom is -0.127 e. The second-order valence-electron chi connectivity index (χ2n) is 3.67. The summed E-state index contributed by atoms with van der Waals surface area (Å²) in [6.45, 7) is 2.01. The SMILES string of the molecule is Cc1cc(C(Br)c2cc(Cl)cc(Br)c2)sc1Cl. The molecule has 1 aromatic heterocycles. The highest BCUT2D eigenvalue weighted by atomic mass is 79.9. The monoisotopic (exact) mass is 412 g/mol. The van der Waals surface area contributed by atoms with Crippen molar-refractivity contribution in [1.82, 2.24) is 0 Å². The van der Waals surface area contributed by atoms with Crippen LogP contribution in [-0.2, 0) is 0 Å². The Morgan fingerprint density at radius 2 is 1.88 bits per heavy atom. The van der Waals surface area contributed by atoms with E-state index in [1.165, 1.54) is 4.88 Å². The summed E-state index contributed by atoms with van der Waals surface area (Å²) in [5.74, 6) is 0. The van der Waals surface area contributed by atoms with Gasteiger partial charge in [0.15, 0.2) is 0 Å². The lowest BCUT2D eigenvalue weighted by atomic mass is 10.1. The van der Waals surface area contributed by atoms with E-state index < -0.39 is 0 Å². The number of halogens is 4. The number of thiophene rings is 1. The van der Waals surface area contributed by atoms with Crippen molar-refractivity contribution >= 4 is 66.4 Å². The van der Waals surface area contributed by atoms with Crippen molar-refractivity contribution in [2.24, 2.45) is 0 Å². The van der Waals surface area contributed by atoms with Gasteiger partial charge in [-0.15, -0.1) is 11.3 Å². The molecule has 1 aromatic carbocycles. The Balaban J connectivity index is 2.39. The lowest BCUT2D eigenvalue weighted by Gasteiger charge is -2.09. The van der Waals surface area contributed by atoms with Crippen LogP contribution in [-0.4, -0.2) is 0 Å². The highest BCUT2D eigenvalue weighted by molar-refractivity contribution is 9.10. The van der Waals surface area contributed by atoms with Crippen LogP contribution in [0.4, 0.5) is 0 Å². The van der Waals surface area contributed by atoms with Crippen molar-refractivity contribution in [3.05, 3.63) is 54.1 Å². The van der Waals surface area contributed by atoms with Gasteiger partial charge in [-0.2, -0.15) is 0 Å². The summed E-state index contributed by atoms with van der Waals surface area (Å²) in [5.41, 5.74) is 2.22. The Bertz CT molecular complexity index is 512. The smallest absolute Gasteiger partial charge is 0.0960 e. The van der Waals surface area contributed by atoms with Gasteiger partial charge in [0.05, 0.1) is 9.16 Å². The molecule has 0 spiro atoms. The Kier molecular flexibility index (Phi) is 4.59. The maximum absolute atomic E-state index is 6.09. The first-order chi connectivity index (χ1) is 7.97. The molecule has 17 heavy (non-hydrogen) atoms. The molecule has 0 aliphatic carbocycles. The van der Waals surface area contributed by atoms with Crippen molar-refractivity contribution in [2.45, 2.75) is 11.8 Å². The normalized spacial score (nSPS) is 12.8. The van der Waals surface area contributed by atoms with Crippen LogP contribution in [0.5, 0.6) is 0 Å². The third-order valence-corrected chi connectivity index (χ3v) is 5.92. The summed E-state index contributed by atoms with van der Waals surface area (Å²) in [7, 11) is 0. The first-order valence-electron chi connectivity index (χ1n) is 4.83. The van der Waals surface area contributed by atoms with Gasteiger partial charge in [0.25, 0.3) is 0 Å². The fourth-order valence-electron chi connectivity index (χ4n) is 1.49. The van der Waals surface area contributed by atoms with Crippen LogP contribution in [0.15, 0.2) is 28.7 Å². The Labute approximate surface area is 131 Å². The van der Waals surface area contributed by atoms with E-state index in [0.717, 1.165) is 25.0 Å². The highest BCUT2D eigenvalue weighted by Gasteiger charge is 2.15. The molecule has 5 heteroatoms. The summed E-state index contributed by atoms with van der Waals surface area (Å²) in [5, 5.41) is 0.721. The van der Waals surface area contributed by atoms with E-state index in [2.05, 4.69) is 37.9 Å². The predicted octanol–water partition coefficient (Wildman–Crippen LogP) is 6.61. The summed E-state index contributed by atoms with van der Waals surface area (Å²) in [6.07, 6.45) is 0. The molecule has 0 aliphatic heterocycles. The quantitative estimate of drug-likeness (QED) is 0.485. The van der Waals surface area contributed by atoms with Crippen molar-refractivity contribution < 1.29 is 0 Å². The van der Waals surface area contributed by atoms with E-state index in [9.17, 15) is 0 Å². The van der Waals surface area contributed by atoms with Gasteiger partial charge in [0.1, 0.15) is 0 Å². The second-order valence-corrected chi connectivity index (χ2v) is 7.62. The number of aryl methyl sites for hydroxylation is 1. The maximum atomic E-state index is 6.09. The second kappa shape index (κ2) is 5.62. The molecule has 0 nitrogen and oxygen atoms in total. The maximum Gasteiger partial charge on any atom is 0.0960 e. The molecule has 0 radical (unpaired) electrons. The number of benzene rings is 1. The fourth-order valence-corrected chi connectivity index (χ4v) is 4.28. The molecule has 0 saturated carbocycles. The molecule has 0 fully saturated rings. The average molecular weight is 415 g/mol. The van der Waals surface area contributed by atoms with Gasteiger partial charge in [-0.1, -0.05) is 55.1 Å². The van der Waals surface area contributed by atoms with Crippen LogP contribution in [0.1, 0.15) is 20.8 Å². The molecule has 0 amide bonds. The highest BCUT2D eigenvalue weighted by Crippen LogP contribution is 2.40. The first kappa shape index (κ1) is 13.9. The van der Waals surface area contributed by atoms with Gasteiger partial charge < -0.3 is 0 Å². The van der Waals surface area contributed by atoms with Crippen LogP contribution in [0.3, 0.4) is 0 Å². The standard InChI is InChI=1S/C12H8Br2Cl2S/c1-6-2-10(17-12(6)16)11(14)7-3-8(13)5-9(15)4-7/h2-5,11H,1H3. The van der Waals surface area contributed by atoms with Crippen LogP contribution in [0.2, 0.25) is 9.36 Å². The van der Waals surface area contributed by atoms with E-state index in [0.29, 0.717) is 0 Å². The number of hydrogen-bond donors (Lipinski definition) is 0. The minimum absolute atomic E-state index is 0.119. The van der Waals surface area contributed by atoms with E-state index in [4.69, 9.17) is 23.2 Å². The van der Waals surface area contributed by atoms with Gasteiger partial charge in [0, 0.05) is 14.4 Å². The molecule has 0 aliphatic rings. The largest absolute Gasteiger partial charge is 0.127 e. The van der Waals surface area contributed by atoms with Crippen molar-refractivity contribution in [3.8, 4) is 0 Å². The summed E-state index contributed by atoms with van der Waals surface area (Å²) >= 11 is 20.8. The molecule has 1 atom stereocenters. The third kappa shape index (κ3) is 3.27. The lowest BCUT2D eigenvalue weighted by molar-refractivity contribution is 1.22. The fraction of sp³-hybridized carbons (Fsp3) is 0.167. The molecule has 0 N–H and O–H groups in total. The Morgan fingerprint density at radius 3 is 2.41 bits per heavy atom. The minimum atomic E-state index is 0.119. The number of hydrogen-bond acceptors (Lipinski definition) is 1. The summed E-state index contributed by atoms with van der Waals surface area (Å²) in [4.78, 5) is 1.30. The first-order valence-corrected chi connectivity index (χ1v) is 8.11. The van der Waals surface area contributed by atoms with Crippen molar-refractivity contribution in [1.29, 1.82) is 0 Å². The molecular formula is C12H8Br2Cl2S. The van der Waals surface area contributed by atoms with E-state index in [1.807, 2.05) is 25.1 Å². The molecular weight excluding hydrogens is 407 g/mol. The van der Waals surface area contributed by atoms with Crippen molar-refractivity contribution in [3.63, 3.8) is 0 Å². The Hall–Kier alpha value is 0.460. The summed E-state index contributed by atoms with van der Waals surface area (Å²) < 4.78 is 1.81. The van der Waals surface area contributed by atoms with Gasteiger partial charge >= 0.3 is 0 Å². The van der Waals surface area contributed by atoms with Crippen LogP contribution in [0, 0.1) is 6.92 Å². The summed E-state index contributed by atoms with van der Waals surface area (Å²) in [6, 6.07) is 7.97.